The van der Waals surface area contributed by atoms with Crippen molar-refractivity contribution in [2.75, 3.05) is 5.32 Å². The maximum atomic E-state index is 13.5. The van der Waals surface area contributed by atoms with Gasteiger partial charge in [0.05, 0.1) is 17.6 Å². The van der Waals surface area contributed by atoms with Gasteiger partial charge in [-0.05, 0) is 31.2 Å². The zero-order valence-electron chi connectivity index (χ0n) is 10.7. The van der Waals surface area contributed by atoms with Gasteiger partial charge in [-0.2, -0.15) is 5.10 Å². The predicted octanol–water partition coefficient (Wildman–Crippen LogP) is 2.43. The van der Waals surface area contributed by atoms with Gasteiger partial charge in [-0.25, -0.2) is 13.9 Å². The smallest absolute Gasteiger partial charge is 0.276 e. The number of benzene rings is 1. The fourth-order valence-electron chi connectivity index (χ4n) is 1.87. The lowest BCUT2D eigenvalue weighted by atomic mass is 10.3. The number of carbonyl (C=O) groups is 1. The highest BCUT2D eigenvalue weighted by Crippen LogP contribution is 2.13. The molecule has 0 saturated carbocycles. The van der Waals surface area contributed by atoms with Crippen molar-refractivity contribution in [2.24, 2.45) is 0 Å². The lowest BCUT2D eigenvalue weighted by molar-refractivity contribution is 0.102. The Labute approximate surface area is 114 Å². The molecule has 0 bridgehead atoms. The van der Waals surface area contributed by atoms with Crippen LogP contribution in [-0.2, 0) is 0 Å². The van der Waals surface area contributed by atoms with E-state index in [1.165, 1.54) is 16.6 Å². The highest BCUT2D eigenvalue weighted by atomic mass is 19.1. The molecule has 0 spiro atoms. The van der Waals surface area contributed by atoms with E-state index < -0.39 is 11.7 Å². The van der Waals surface area contributed by atoms with Crippen LogP contribution in [0.5, 0.6) is 0 Å². The first-order valence-electron chi connectivity index (χ1n) is 6.02. The minimum atomic E-state index is -0.486. The highest BCUT2D eigenvalue weighted by Gasteiger charge is 2.11. The molecule has 0 aliphatic heterocycles. The summed E-state index contributed by atoms with van der Waals surface area (Å²) in [6.07, 6.45) is 1.72. The van der Waals surface area contributed by atoms with Crippen molar-refractivity contribution in [1.29, 1.82) is 0 Å². The fraction of sp³-hybridized carbons (Fsp3) is 0.0714. The maximum absolute atomic E-state index is 13.5. The first-order chi connectivity index (χ1) is 9.63. The number of halogens is 1. The third-order valence-electron chi connectivity index (χ3n) is 2.80. The second-order valence-electron chi connectivity index (χ2n) is 4.34. The summed E-state index contributed by atoms with van der Waals surface area (Å²) in [6.45, 7) is 1.84. The number of nitrogens with zero attached hydrogens (tertiary/aromatic N) is 3. The van der Waals surface area contributed by atoms with Gasteiger partial charge in [-0.15, -0.1) is 0 Å². The van der Waals surface area contributed by atoms with E-state index >= 15 is 0 Å². The molecule has 3 aromatic rings. The largest absolute Gasteiger partial charge is 0.318 e. The average Bonchev–Trinajstić information content (AvgIpc) is 2.80. The molecule has 6 heteroatoms. The average molecular weight is 270 g/mol. The Morgan fingerprint density at radius 1 is 1.25 bits per heavy atom. The topological polar surface area (TPSA) is 59.3 Å². The quantitative estimate of drug-likeness (QED) is 0.778. The van der Waals surface area contributed by atoms with Gasteiger partial charge < -0.3 is 5.32 Å². The molecule has 0 fully saturated rings. The molecule has 1 N–H and O–H groups in total. The van der Waals surface area contributed by atoms with E-state index in [1.807, 2.05) is 6.92 Å². The van der Waals surface area contributed by atoms with E-state index in [9.17, 15) is 9.18 Å². The Morgan fingerprint density at radius 3 is 2.85 bits per heavy atom. The molecular weight excluding hydrogens is 259 g/mol. The molecule has 0 saturated heterocycles. The molecule has 2 heterocycles. The number of nitrogens with one attached hydrogen (secondary N) is 1. The number of carbonyl (C=O) groups excluding carboxylic acids is 1. The van der Waals surface area contributed by atoms with Gasteiger partial charge in [-0.1, -0.05) is 12.1 Å². The van der Waals surface area contributed by atoms with E-state index in [0.29, 0.717) is 5.65 Å². The van der Waals surface area contributed by atoms with Crippen molar-refractivity contribution in [3.8, 4) is 0 Å². The molecule has 1 amide bonds. The molecule has 100 valence electrons. The van der Waals surface area contributed by atoms with Crippen LogP contribution in [0.25, 0.3) is 5.65 Å². The number of aromatic nitrogens is 3. The van der Waals surface area contributed by atoms with Crippen molar-refractivity contribution in [2.45, 2.75) is 6.92 Å². The third-order valence-corrected chi connectivity index (χ3v) is 2.80. The number of para-hydroxylation sites is 1. The number of hydrogen-bond donors (Lipinski definition) is 1. The monoisotopic (exact) mass is 270 g/mol. The lowest BCUT2D eigenvalue weighted by Crippen LogP contribution is -2.15. The lowest BCUT2D eigenvalue weighted by Gasteiger charge is -2.05. The Balaban J connectivity index is 1.90. The van der Waals surface area contributed by atoms with Crippen molar-refractivity contribution >= 4 is 17.2 Å². The Kier molecular flexibility index (Phi) is 2.90. The molecule has 1 aromatic carbocycles. The van der Waals surface area contributed by atoms with E-state index in [4.69, 9.17) is 0 Å². The summed E-state index contributed by atoms with van der Waals surface area (Å²) in [5, 5.41) is 6.63. The SMILES string of the molecule is Cc1cn2nc(C(=O)Nc3ccccc3F)ccc2n1. The molecule has 5 nitrogen and oxygen atoms in total. The molecule has 0 aliphatic carbocycles. The van der Waals surface area contributed by atoms with Crippen LogP contribution >= 0.6 is 0 Å². The van der Waals surface area contributed by atoms with Gasteiger partial charge in [0, 0.05) is 0 Å². The van der Waals surface area contributed by atoms with E-state index in [2.05, 4.69) is 15.4 Å². The summed E-state index contributed by atoms with van der Waals surface area (Å²) < 4.78 is 15.0. The highest BCUT2D eigenvalue weighted by molar-refractivity contribution is 6.02. The van der Waals surface area contributed by atoms with E-state index in [-0.39, 0.29) is 11.4 Å². The molecule has 0 aliphatic rings. The normalized spacial score (nSPS) is 10.7. The minimum Gasteiger partial charge on any atom is -0.318 e. The predicted molar refractivity (Wildman–Crippen MR) is 72.1 cm³/mol. The van der Waals surface area contributed by atoms with E-state index in [1.54, 1.807) is 30.5 Å². The number of anilines is 1. The summed E-state index contributed by atoms with van der Waals surface area (Å²) in [5.74, 6) is -0.955. The first-order valence-corrected chi connectivity index (χ1v) is 6.02. The summed E-state index contributed by atoms with van der Waals surface area (Å²) in [4.78, 5) is 16.3. The van der Waals surface area contributed by atoms with Gasteiger partial charge in [0.15, 0.2) is 5.65 Å². The summed E-state index contributed by atoms with van der Waals surface area (Å²) in [7, 11) is 0. The van der Waals surface area contributed by atoms with Gasteiger partial charge >= 0.3 is 0 Å². The molecule has 20 heavy (non-hydrogen) atoms. The van der Waals surface area contributed by atoms with Crippen molar-refractivity contribution in [3.05, 3.63) is 59.8 Å². The van der Waals surface area contributed by atoms with Crippen LogP contribution in [0.1, 0.15) is 16.2 Å². The van der Waals surface area contributed by atoms with E-state index in [0.717, 1.165) is 5.69 Å². The summed E-state index contributed by atoms with van der Waals surface area (Å²) in [5.41, 5.74) is 1.79. The van der Waals surface area contributed by atoms with Crippen molar-refractivity contribution < 1.29 is 9.18 Å². The van der Waals surface area contributed by atoms with Crippen LogP contribution in [0.3, 0.4) is 0 Å². The van der Waals surface area contributed by atoms with Crippen LogP contribution in [0.15, 0.2) is 42.6 Å². The first kappa shape index (κ1) is 12.3. The number of rotatable bonds is 2. The zero-order valence-corrected chi connectivity index (χ0v) is 10.7. The Morgan fingerprint density at radius 2 is 2.05 bits per heavy atom. The number of fused-ring (bicyclic) bond motifs is 1. The molecule has 2 aromatic heterocycles. The Hall–Kier alpha value is -2.76. The van der Waals surface area contributed by atoms with Crippen LogP contribution in [0, 0.1) is 12.7 Å². The zero-order chi connectivity index (χ0) is 14.1. The van der Waals surface area contributed by atoms with Crippen LogP contribution < -0.4 is 5.32 Å². The standard InChI is InChI=1S/C14H11FN4O/c1-9-8-19-13(16-9)7-6-12(18-19)14(20)17-11-5-3-2-4-10(11)15/h2-8H,1H3,(H,17,20). The van der Waals surface area contributed by atoms with Gasteiger partial charge in [0.2, 0.25) is 0 Å². The maximum Gasteiger partial charge on any atom is 0.276 e. The van der Waals surface area contributed by atoms with Crippen LogP contribution in [0.2, 0.25) is 0 Å². The summed E-state index contributed by atoms with van der Waals surface area (Å²) in [6, 6.07) is 9.23. The number of amides is 1. The third kappa shape index (κ3) is 2.23. The van der Waals surface area contributed by atoms with Crippen LogP contribution in [-0.4, -0.2) is 20.5 Å². The second-order valence-corrected chi connectivity index (χ2v) is 4.34. The molecule has 0 radical (unpaired) electrons. The molecule has 0 unspecified atom stereocenters. The van der Waals surface area contributed by atoms with Crippen molar-refractivity contribution in [1.82, 2.24) is 14.6 Å². The van der Waals surface area contributed by atoms with Gasteiger partial charge in [-0.3, -0.25) is 4.79 Å². The number of hydrogen-bond acceptors (Lipinski definition) is 3. The van der Waals surface area contributed by atoms with Gasteiger partial charge in [0.25, 0.3) is 5.91 Å². The van der Waals surface area contributed by atoms with Gasteiger partial charge in [0.1, 0.15) is 11.5 Å². The second kappa shape index (κ2) is 4.73. The molecule has 3 rings (SSSR count). The van der Waals surface area contributed by atoms with Crippen molar-refractivity contribution in [3.63, 3.8) is 0 Å². The Bertz CT molecular complexity index is 797. The number of aryl methyl sites for hydroxylation is 1. The number of imidazole rings is 1. The fourth-order valence-corrected chi connectivity index (χ4v) is 1.87. The molecular formula is C14H11FN4O. The minimum absolute atomic E-state index is 0.126. The summed E-state index contributed by atoms with van der Waals surface area (Å²) >= 11 is 0. The van der Waals surface area contributed by atoms with Crippen LogP contribution in [0.4, 0.5) is 10.1 Å². The molecule has 0 atom stereocenters.